The van der Waals surface area contributed by atoms with Crippen molar-refractivity contribution in [2.24, 2.45) is 0 Å². The number of para-hydroxylation sites is 1. The van der Waals surface area contributed by atoms with Gasteiger partial charge in [-0.15, -0.1) is 10.2 Å². The van der Waals surface area contributed by atoms with E-state index in [1.54, 1.807) is 11.7 Å². The normalized spacial score (nSPS) is 12.2. The maximum absolute atomic E-state index is 12.2. The summed E-state index contributed by atoms with van der Waals surface area (Å²) in [4.78, 5) is 16.5. The lowest BCUT2D eigenvalue weighted by molar-refractivity contribution is -0.115. The van der Waals surface area contributed by atoms with Crippen molar-refractivity contribution in [3.63, 3.8) is 0 Å². The molecule has 0 bridgehead atoms. The summed E-state index contributed by atoms with van der Waals surface area (Å²) in [5.74, 6) is -0.0766. The van der Waals surface area contributed by atoms with Crippen LogP contribution in [0.1, 0.15) is 6.92 Å². The number of carbonyl (C=O) groups is 1. The fourth-order valence-corrected chi connectivity index (χ4v) is 3.43. The number of benzene rings is 1. The van der Waals surface area contributed by atoms with E-state index >= 15 is 0 Å². The third-order valence-electron chi connectivity index (χ3n) is 2.84. The molecule has 5 nitrogen and oxygen atoms in total. The van der Waals surface area contributed by atoms with E-state index in [1.807, 2.05) is 37.3 Å². The number of hydrogen-bond acceptors (Lipinski definition) is 6. The molecule has 7 heteroatoms. The van der Waals surface area contributed by atoms with Gasteiger partial charge in [-0.2, -0.15) is 0 Å². The molecule has 0 unspecified atom stereocenters. The highest BCUT2D eigenvalue weighted by molar-refractivity contribution is 8.02. The van der Waals surface area contributed by atoms with Crippen LogP contribution in [0, 0.1) is 0 Å². The van der Waals surface area contributed by atoms with Crippen LogP contribution in [0.3, 0.4) is 0 Å². The molecule has 21 heavy (non-hydrogen) atoms. The summed E-state index contributed by atoms with van der Waals surface area (Å²) in [6, 6.07) is 9.72. The Morgan fingerprint density at radius 2 is 2.24 bits per heavy atom. The number of anilines is 1. The monoisotopic (exact) mass is 316 g/mol. The van der Waals surface area contributed by atoms with Crippen LogP contribution >= 0.6 is 23.1 Å². The van der Waals surface area contributed by atoms with Gasteiger partial charge in [-0.05, 0) is 19.1 Å². The minimum atomic E-state index is -0.246. The largest absolute Gasteiger partial charge is 0.324 e. The Kier molecular flexibility index (Phi) is 4.12. The molecular weight excluding hydrogens is 304 g/mol. The molecular formula is C14H12N4OS2. The third kappa shape index (κ3) is 3.37. The molecule has 0 aliphatic rings. The topological polar surface area (TPSA) is 67.8 Å². The molecule has 1 aromatic carbocycles. The number of carbonyl (C=O) groups excluding carboxylic acids is 1. The van der Waals surface area contributed by atoms with E-state index in [9.17, 15) is 4.79 Å². The molecule has 0 saturated heterocycles. The SMILES string of the molecule is C[C@H](Sc1nncs1)C(=O)Nc1cnc2ccccc2c1. The van der Waals surface area contributed by atoms with Gasteiger partial charge in [0.25, 0.3) is 0 Å². The first-order chi connectivity index (χ1) is 10.2. The van der Waals surface area contributed by atoms with Gasteiger partial charge >= 0.3 is 0 Å². The summed E-state index contributed by atoms with van der Waals surface area (Å²) in [6.45, 7) is 1.84. The highest BCUT2D eigenvalue weighted by Gasteiger charge is 2.16. The molecule has 0 saturated carbocycles. The predicted octanol–water partition coefficient (Wildman–Crippen LogP) is 3.21. The molecule has 3 aromatic rings. The van der Waals surface area contributed by atoms with E-state index in [0.29, 0.717) is 5.69 Å². The number of nitrogens with one attached hydrogen (secondary N) is 1. The number of fused-ring (bicyclic) bond motifs is 1. The fraction of sp³-hybridized carbons (Fsp3) is 0.143. The summed E-state index contributed by atoms with van der Waals surface area (Å²) in [7, 11) is 0. The summed E-state index contributed by atoms with van der Waals surface area (Å²) in [6.07, 6.45) is 1.67. The smallest absolute Gasteiger partial charge is 0.237 e. The van der Waals surface area contributed by atoms with Crippen LogP contribution in [-0.2, 0) is 4.79 Å². The first-order valence-electron chi connectivity index (χ1n) is 6.31. The zero-order valence-electron chi connectivity index (χ0n) is 11.2. The molecule has 0 radical (unpaired) electrons. The second-order valence-corrected chi connectivity index (χ2v) is 6.79. The number of aromatic nitrogens is 3. The molecule has 0 spiro atoms. The first-order valence-corrected chi connectivity index (χ1v) is 8.07. The molecule has 2 aromatic heterocycles. The quantitative estimate of drug-likeness (QED) is 0.749. The van der Waals surface area contributed by atoms with Gasteiger partial charge in [0.2, 0.25) is 5.91 Å². The lowest BCUT2D eigenvalue weighted by atomic mass is 10.2. The highest BCUT2D eigenvalue weighted by atomic mass is 32.2. The van der Waals surface area contributed by atoms with Crippen LogP contribution < -0.4 is 5.32 Å². The van der Waals surface area contributed by atoms with Crippen molar-refractivity contribution < 1.29 is 4.79 Å². The molecule has 1 amide bonds. The summed E-state index contributed by atoms with van der Waals surface area (Å²) in [5, 5.41) is 11.3. The molecule has 0 aliphatic carbocycles. The maximum Gasteiger partial charge on any atom is 0.237 e. The van der Waals surface area contributed by atoms with Gasteiger partial charge in [0.15, 0.2) is 4.34 Å². The third-order valence-corrected chi connectivity index (χ3v) is 4.76. The minimum Gasteiger partial charge on any atom is -0.324 e. The number of thioether (sulfide) groups is 1. The molecule has 2 heterocycles. The van der Waals surface area contributed by atoms with E-state index in [2.05, 4.69) is 20.5 Å². The van der Waals surface area contributed by atoms with Crippen LogP contribution in [0.5, 0.6) is 0 Å². The second-order valence-electron chi connectivity index (χ2n) is 4.37. The standard InChI is InChI=1S/C14H12N4OS2/c1-9(21-14-18-16-8-20-14)13(19)17-11-6-10-4-2-3-5-12(10)15-7-11/h2-9H,1H3,(H,17,19)/t9-/m0/s1. The number of amides is 1. The number of rotatable bonds is 4. The van der Waals surface area contributed by atoms with E-state index in [4.69, 9.17) is 0 Å². The van der Waals surface area contributed by atoms with Crippen LogP contribution in [0.15, 0.2) is 46.4 Å². The first kappa shape index (κ1) is 14.0. The Bertz CT molecular complexity index is 761. The average Bonchev–Trinajstić information content (AvgIpc) is 3.00. The van der Waals surface area contributed by atoms with Gasteiger partial charge in [-0.25, -0.2) is 0 Å². The van der Waals surface area contributed by atoms with E-state index in [0.717, 1.165) is 15.2 Å². The lowest BCUT2D eigenvalue weighted by Gasteiger charge is -2.10. The highest BCUT2D eigenvalue weighted by Crippen LogP contribution is 2.25. The van der Waals surface area contributed by atoms with Crippen molar-refractivity contribution in [2.75, 3.05) is 5.32 Å². The van der Waals surface area contributed by atoms with Crippen molar-refractivity contribution >= 4 is 45.6 Å². The predicted molar refractivity (Wildman–Crippen MR) is 85.6 cm³/mol. The lowest BCUT2D eigenvalue weighted by Crippen LogP contribution is -2.22. The Hall–Kier alpha value is -1.99. The van der Waals surface area contributed by atoms with E-state index in [1.165, 1.54) is 23.1 Å². The van der Waals surface area contributed by atoms with Crippen molar-refractivity contribution in [2.45, 2.75) is 16.5 Å². The van der Waals surface area contributed by atoms with E-state index < -0.39 is 0 Å². The van der Waals surface area contributed by atoms with Gasteiger partial charge in [-0.1, -0.05) is 41.3 Å². The van der Waals surface area contributed by atoms with Gasteiger partial charge in [0.05, 0.1) is 22.7 Å². The van der Waals surface area contributed by atoms with Crippen molar-refractivity contribution in [1.29, 1.82) is 0 Å². The van der Waals surface area contributed by atoms with Crippen molar-refractivity contribution in [3.8, 4) is 0 Å². The van der Waals surface area contributed by atoms with Crippen LogP contribution in [0.25, 0.3) is 10.9 Å². The van der Waals surface area contributed by atoms with Gasteiger partial charge in [0, 0.05) is 5.39 Å². The molecule has 106 valence electrons. The van der Waals surface area contributed by atoms with Crippen LogP contribution in [-0.4, -0.2) is 26.3 Å². The summed E-state index contributed by atoms with van der Waals surface area (Å²) < 4.78 is 0.786. The molecule has 3 rings (SSSR count). The van der Waals surface area contributed by atoms with Crippen LogP contribution in [0.4, 0.5) is 5.69 Å². The van der Waals surface area contributed by atoms with E-state index in [-0.39, 0.29) is 11.2 Å². The molecule has 1 atom stereocenters. The zero-order chi connectivity index (χ0) is 14.7. The second kappa shape index (κ2) is 6.19. The maximum atomic E-state index is 12.2. The van der Waals surface area contributed by atoms with Crippen molar-refractivity contribution in [3.05, 3.63) is 42.0 Å². The molecule has 0 aliphatic heterocycles. The number of pyridine rings is 1. The Morgan fingerprint density at radius 3 is 3.05 bits per heavy atom. The molecule has 1 N–H and O–H groups in total. The Morgan fingerprint density at radius 1 is 1.38 bits per heavy atom. The number of hydrogen-bond donors (Lipinski definition) is 1. The fourth-order valence-electron chi connectivity index (χ4n) is 1.80. The van der Waals surface area contributed by atoms with Gasteiger partial charge in [0.1, 0.15) is 5.51 Å². The zero-order valence-corrected chi connectivity index (χ0v) is 12.8. The Balaban J connectivity index is 1.70. The molecule has 0 fully saturated rings. The number of nitrogens with zero attached hydrogens (tertiary/aromatic N) is 3. The average molecular weight is 316 g/mol. The Labute approximate surface area is 129 Å². The van der Waals surface area contributed by atoms with Gasteiger partial charge in [-0.3, -0.25) is 9.78 Å². The summed E-state index contributed by atoms with van der Waals surface area (Å²) in [5.41, 5.74) is 3.26. The van der Waals surface area contributed by atoms with Crippen molar-refractivity contribution in [1.82, 2.24) is 15.2 Å². The van der Waals surface area contributed by atoms with Gasteiger partial charge < -0.3 is 5.32 Å². The summed E-state index contributed by atoms with van der Waals surface area (Å²) >= 11 is 2.82. The minimum absolute atomic E-state index is 0.0766. The van der Waals surface area contributed by atoms with Crippen LogP contribution in [0.2, 0.25) is 0 Å².